The molecule has 0 aliphatic carbocycles. The standard InChI is InChI=1S/C20H24N6.HI/c1-21-20(23-12-10-19-9-5-6-11-22-19)24-13-18-14-25-26(16-18)15-17-7-3-2-4-8-17;/h2-9,11,14,16H,10,12-13,15H2,1H3,(H2,21,23,24);1H. The van der Waals surface area contributed by atoms with E-state index in [9.17, 15) is 0 Å². The Morgan fingerprint density at radius 1 is 1.04 bits per heavy atom. The highest BCUT2D eigenvalue weighted by Gasteiger charge is 2.02. The van der Waals surface area contributed by atoms with Gasteiger partial charge in [0.15, 0.2) is 5.96 Å². The van der Waals surface area contributed by atoms with Crippen molar-refractivity contribution in [1.29, 1.82) is 0 Å². The maximum atomic E-state index is 4.43. The molecule has 3 rings (SSSR count). The summed E-state index contributed by atoms with van der Waals surface area (Å²) in [6, 6.07) is 16.3. The first-order chi connectivity index (χ1) is 12.8. The first-order valence-electron chi connectivity index (χ1n) is 8.73. The monoisotopic (exact) mass is 476 g/mol. The molecule has 0 fully saturated rings. The molecule has 7 heteroatoms. The molecule has 0 radical (unpaired) electrons. The van der Waals surface area contributed by atoms with Gasteiger partial charge in [-0.2, -0.15) is 5.10 Å². The lowest BCUT2D eigenvalue weighted by molar-refractivity contribution is 0.685. The predicted octanol–water partition coefficient (Wildman–Crippen LogP) is 2.85. The summed E-state index contributed by atoms with van der Waals surface area (Å²) in [6.07, 6.45) is 6.62. The van der Waals surface area contributed by atoms with E-state index in [0.29, 0.717) is 6.54 Å². The third-order valence-corrected chi connectivity index (χ3v) is 3.96. The Labute approximate surface area is 177 Å². The summed E-state index contributed by atoms with van der Waals surface area (Å²) < 4.78 is 1.95. The molecule has 0 aliphatic rings. The largest absolute Gasteiger partial charge is 0.356 e. The average Bonchev–Trinajstić information content (AvgIpc) is 3.13. The number of pyridine rings is 1. The second kappa shape index (κ2) is 11.3. The molecule has 142 valence electrons. The number of nitrogens with one attached hydrogen (secondary N) is 2. The van der Waals surface area contributed by atoms with Crippen molar-refractivity contribution in [3.8, 4) is 0 Å². The molecule has 2 aromatic heterocycles. The molecule has 0 aliphatic heterocycles. The van der Waals surface area contributed by atoms with Gasteiger partial charge in [0.05, 0.1) is 12.7 Å². The fraction of sp³-hybridized carbons (Fsp3) is 0.250. The van der Waals surface area contributed by atoms with E-state index in [1.165, 1.54) is 5.56 Å². The van der Waals surface area contributed by atoms with E-state index in [0.717, 1.165) is 36.7 Å². The van der Waals surface area contributed by atoms with Crippen LogP contribution in [0.15, 0.2) is 72.1 Å². The smallest absolute Gasteiger partial charge is 0.191 e. The number of halogens is 1. The van der Waals surface area contributed by atoms with Crippen LogP contribution >= 0.6 is 24.0 Å². The van der Waals surface area contributed by atoms with Gasteiger partial charge in [-0.15, -0.1) is 24.0 Å². The van der Waals surface area contributed by atoms with Crippen molar-refractivity contribution in [1.82, 2.24) is 25.4 Å². The number of aromatic nitrogens is 3. The number of benzene rings is 1. The van der Waals surface area contributed by atoms with E-state index >= 15 is 0 Å². The summed E-state index contributed by atoms with van der Waals surface area (Å²) in [5.74, 6) is 0.775. The maximum absolute atomic E-state index is 4.43. The molecular formula is C20H25IN6. The summed E-state index contributed by atoms with van der Waals surface area (Å²) >= 11 is 0. The Hall–Kier alpha value is -2.42. The highest BCUT2D eigenvalue weighted by atomic mass is 127. The quantitative estimate of drug-likeness (QED) is 0.313. The van der Waals surface area contributed by atoms with Crippen LogP contribution in [0.5, 0.6) is 0 Å². The zero-order chi connectivity index (χ0) is 18.0. The Kier molecular flexibility index (Phi) is 8.76. The molecule has 0 amide bonds. The molecular weight excluding hydrogens is 451 g/mol. The normalized spacial score (nSPS) is 10.9. The van der Waals surface area contributed by atoms with Crippen molar-refractivity contribution in [2.75, 3.05) is 13.6 Å². The average molecular weight is 476 g/mol. The molecule has 0 unspecified atom stereocenters. The molecule has 2 N–H and O–H groups in total. The predicted molar refractivity (Wildman–Crippen MR) is 119 cm³/mol. The van der Waals surface area contributed by atoms with Gasteiger partial charge < -0.3 is 10.6 Å². The van der Waals surface area contributed by atoms with Gasteiger partial charge in [-0.25, -0.2) is 0 Å². The van der Waals surface area contributed by atoms with Gasteiger partial charge in [0.1, 0.15) is 0 Å². The molecule has 0 spiro atoms. The minimum atomic E-state index is 0. The van der Waals surface area contributed by atoms with Crippen LogP contribution in [-0.4, -0.2) is 34.3 Å². The Morgan fingerprint density at radius 3 is 2.59 bits per heavy atom. The van der Waals surface area contributed by atoms with Crippen molar-refractivity contribution in [2.45, 2.75) is 19.5 Å². The van der Waals surface area contributed by atoms with E-state index in [2.05, 4.69) is 44.0 Å². The van der Waals surface area contributed by atoms with Gasteiger partial charge in [-0.05, 0) is 17.7 Å². The van der Waals surface area contributed by atoms with E-state index in [4.69, 9.17) is 0 Å². The lowest BCUT2D eigenvalue weighted by atomic mass is 10.2. The van der Waals surface area contributed by atoms with E-state index in [1.54, 1.807) is 7.05 Å². The first-order valence-corrected chi connectivity index (χ1v) is 8.73. The van der Waals surface area contributed by atoms with Gasteiger partial charge in [0.25, 0.3) is 0 Å². The van der Waals surface area contributed by atoms with E-state index in [-0.39, 0.29) is 24.0 Å². The molecule has 2 heterocycles. The number of hydrogen-bond donors (Lipinski definition) is 2. The second-order valence-corrected chi connectivity index (χ2v) is 5.96. The molecule has 27 heavy (non-hydrogen) atoms. The molecule has 1 aromatic carbocycles. The molecule has 0 saturated heterocycles. The van der Waals surface area contributed by atoms with Crippen molar-refractivity contribution in [3.63, 3.8) is 0 Å². The van der Waals surface area contributed by atoms with Crippen molar-refractivity contribution < 1.29 is 0 Å². The van der Waals surface area contributed by atoms with Gasteiger partial charge in [-0.1, -0.05) is 36.4 Å². The number of hydrogen-bond acceptors (Lipinski definition) is 3. The van der Waals surface area contributed by atoms with Crippen LogP contribution in [0.4, 0.5) is 0 Å². The SMILES string of the molecule is CN=C(NCCc1ccccn1)NCc1cnn(Cc2ccccc2)c1.I. The fourth-order valence-electron chi connectivity index (χ4n) is 2.62. The highest BCUT2D eigenvalue weighted by molar-refractivity contribution is 14.0. The lowest BCUT2D eigenvalue weighted by Crippen LogP contribution is -2.37. The topological polar surface area (TPSA) is 67.1 Å². The zero-order valence-corrected chi connectivity index (χ0v) is 17.7. The number of aliphatic imine (C=N–C) groups is 1. The molecule has 0 bridgehead atoms. The molecule has 0 saturated carbocycles. The first kappa shape index (κ1) is 20.9. The maximum Gasteiger partial charge on any atom is 0.191 e. The van der Waals surface area contributed by atoms with Crippen molar-refractivity contribution in [2.24, 2.45) is 4.99 Å². The van der Waals surface area contributed by atoms with Crippen LogP contribution in [0.25, 0.3) is 0 Å². The van der Waals surface area contributed by atoms with Gasteiger partial charge in [-0.3, -0.25) is 14.7 Å². The lowest BCUT2D eigenvalue weighted by Gasteiger charge is -2.10. The molecule has 3 aromatic rings. The number of rotatable bonds is 7. The van der Waals surface area contributed by atoms with Gasteiger partial charge in [0.2, 0.25) is 0 Å². The Balaban J connectivity index is 0.00000261. The highest BCUT2D eigenvalue weighted by Crippen LogP contribution is 2.04. The molecule has 0 atom stereocenters. The zero-order valence-electron chi connectivity index (χ0n) is 15.4. The number of nitrogens with zero attached hydrogens (tertiary/aromatic N) is 4. The minimum Gasteiger partial charge on any atom is -0.356 e. The Morgan fingerprint density at radius 2 is 1.85 bits per heavy atom. The second-order valence-electron chi connectivity index (χ2n) is 5.96. The minimum absolute atomic E-state index is 0. The summed E-state index contributed by atoms with van der Waals surface area (Å²) in [5, 5.41) is 11.0. The van der Waals surface area contributed by atoms with Crippen LogP contribution < -0.4 is 10.6 Å². The van der Waals surface area contributed by atoms with E-state index < -0.39 is 0 Å². The van der Waals surface area contributed by atoms with Crippen LogP contribution in [-0.2, 0) is 19.5 Å². The Bertz CT molecular complexity index is 817. The van der Waals surface area contributed by atoms with Crippen molar-refractivity contribution in [3.05, 3.63) is 83.9 Å². The van der Waals surface area contributed by atoms with Crippen LogP contribution in [0.2, 0.25) is 0 Å². The summed E-state index contributed by atoms with van der Waals surface area (Å²) in [5.41, 5.74) is 3.42. The van der Waals surface area contributed by atoms with Crippen LogP contribution in [0.3, 0.4) is 0 Å². The number of guanidine groups is 1. The summed E-state index contributed by atoms with van der Waals surface area (Å²) in [7, 11) is 1.77. The summed E-state index contributed by atoms with van der Waals surface area (Å²) in [6.45, 7) is 2.24. The van der Waals surface area contributed by atoms with Gasteiger partial charge >= 0.3 is 0 Å². The third kappa shape index (κ3) is 7.01. The molecule has 6 nitrogen and oxygen atoms in total. The summed E-state index contributed by atoms with van der Waals surface area (Å²) in [4.78, 5) is 8.58. The van der Waals surface area contributed by atoms with E-state index in [1.807, 2.05) is 53.5 Å². The van der Waals surface area contributed by atoms with Gasteiger partial charge in [0, 0.05) is 50.2 Å². The fourth-order valence-corrected chi connectivity index (χ4v) is 2.62. The van der Waals surface area contributed by atoms with Crippen molar-refractivity contribution >= 4 is 29.9 Å². The third-order valence-electron chi connectivity index (χ3n) is 3.96. The van der Waals surface area contributed by atoms with Crippen LogP contribution in [0.1, 0.15) is 16.8 Å². The van der Waals surface area contributed by atoms with Crippen LogP contribution in [0, 0.1) is 0 Å².